The van der Waals surface area contributed by atoms with Gasteiger partial charge in [-0.25, -0.2) is 0 Å². The maximum Gasteiger partial charge on any atom is 0.339 e. The smallest absolute Gasteiger partial charge is 0.339 e. The molecule has 116 valence electrons. The fraction of sp³-hybridized carbons (Fsp3) is 0.0769. The van der Waals surface area contributed by atoms with Gasteiger partial charge in [-0.3, -0.25) is 10.1 Å². The second-order valence-corrected chi connectivity index (χ2v) is 6.38. The molecule has 2 aromatic rings. The highest BCUT2D eigenvalue weighted by Crippen LogP contribution is 2.28. The molecule has 0 bridgehead atoms. The first-order valence-corrected chi connectivity index (χ1v) is 7.74. The van der Waals surface area contributed by atoms with Gasteiger partial charge in [0, 0.05) is 17.2 Å². The lowest BCUT2D eigenvalue weighted by Crippen LogP contribution is -2.10. The molecule has 0 saturated heterocycles. The Balaban J connectivity index is 2.40. The van der Waals surface area contributed by atoms with E-state index in [1.807, 2.05) is 0 Å². The van der Waals surface area contributed by atoms with E-state index in [2.05, 4.69) is 0 Å². The van der Waals surface area contributed by atoms with Gasteiger partial charge in [0.2, 0.25) is 0 Å². The van der Waals surface area contributed by atoms with E-state index in [-0.39, 0.29) is 16.3 Å². The lowest BCUT2D eigenvalue weighted by molar-refractivity contribution is -0.384. The Morgan fingerprint density at radius 1 is 1.23 bits per heavy atom. The molecule has 0 fully saturated rings. The van der Waals surface area contributed by atoms with Crippen molar-refractivity contribution < 1.29 is 17.5 Å². The van der Waals surface area contributed by atoms with Gasteiger partial charge in [0.25, 0.3) is 5.69 Å². The van der Waals surface area contributed by atoms with E-state index in [4.69, 9.17) is 21.5 Å². The first-order chi connectivity index (χ1) is 10.2. The predicted octanol–water partition coefficient (Wildman–Crippen LogP) is 2.91. The van der Waals surface area contributed by atoms with Crippen LogP contribution in [0.1, 0.15) is 5.56 Å². The van der Waals surface area contributed by atoms with E-state index in [0.717, 1.165) is 23.8 Å². The molecular weight excluding hydrogens is 332 g/mol. The third-order valence-electron chi connectivity index (χ3n) is 2.84. The summed E-state index contributed by atoms with van der Waals surface area (Å²) in [6, 6.07) is 7.49. The molecule has 2 rings (SSSR count). The minimum Gasteiger partial charge on any atom is -0.393 e. The lowest BCUT2D eigenvalue weighted by atomic mass is 10.2. The molecule has 0 aromatic heterocycles. The van der Waals surface area contributed by atoms with Crippen LogP contribution in [0, 0.1) is 17.0 Å². The highest BCUT2D eigenvalue weighted by atomic mass is 35.5. The third-order valence-corrected chi connectivity index (χ3v) is 4.49. The number of nitro benzene ring substituents is 1. The van der Waals surface area contributed by atoms with Crippen LogP contribution in [0.15, 0.2) is 41.3 Å². The van der Waals surface area contributed by atoms with Crippen molar-refractivity contribution in [2.45, 2.75) is 11.8 Å². The summed E-state index contributed by atoms with van der Waals surface area (Å²) in [5.74, 6) is 0.00933. The lowest BCUT2D eigenvalue weighted by Gasteiger charge is -2.08. The van der Waals surface area contributed by atoms with Crippen molar-refractivity contribution >= 4 is 33.1 Å². The molecule has 0 aliphatic carbocycles. The van der Waals surface area contributed by atoms with E-state index >= 15 is 0 Å². The zero-order valence-corrected chi connectivity index (χ0v) is 12.9. The topological polar surface area (TPSA) is 113 Å². The normalized spacial score (nSPS) is 11.2. The number of halogens is 1. The molecule has 0 heterocycles. The number of nitro groups is 1. The summed E-state index contributed by atoms with van der Waals surface area (Å²) in [5, 5.41) is 11.2. The number of rotatable bonds is 4. The Morgan fingerprint density at radius 3 is 2.50 bits per heavy atom. The molecule has 0 saturated carbocycles. The highest BCUT2D eigenvalue weighted by molar-refractivity contribution is 7.87. The first kappa shape index (κ1) is 16.1. The van der Waals surface area contributed by atoms with Crippen molar-refractivity contribution in [3.63, 3.8) is 0 Å². The van der Waals surface area contributed by atoms with Crippen LogP contribution in [0.25, 0.3) is 0 Å². The maximum absolute atomic E-state index is 12.2. The zero-order chi connectivity index (χ0) is 16.5. The van der Waals surface area contributed by atoms with Gasteiger partial charge in [0.15, 0.2) is 0 Å². The Kier molecular flexibility index (Phi) is 4.25. The van der Waals surface area contributed by atoms with E-state index in [1.54, 1.807) is 13.0 Å². The van der Waals surface area contributed by atoms with Crippen LogP contribution in [0.5, 0.6) is 5.75 Å². The van der Waals surface area contributed by atoms with Crippen molar-refractivity contribution in [2.75, 3.05) is 5.73 Å². The van der Waals surface area contributed by atoms with Gasteiger partial charge in [0.1, 0.15) is 16.3 Å². The number of nitrogens with zero attached hydrogens (tertiary/aromatic N) is 1. The molecule has 7 nitrogen and oxygen atoms in total. The minimum atomic E-state index is -4.23. The standard InChI is InChI=1S/C13H11ClN2O5S/c1-8-2-3-9(6-11(8)14)21-22(19,20)10-4-5-12(15)13(7-10)16(17)18/h2-7H,15H2,1H3. The van der Waals surface area contributed by atoms with Gasteiger partial charge in [-0.05, 0) is 30.7 Å². The summed E-state index contributed by atoms with van der Waals surface area (Å²) in [4.78, 5) is 9.68. The van der Waals surface area contributed by atoms with Crippen LogP contribution >= 0.6 is 11.6 Å². The Hall–Kier alpha value is -2.32. The van der Waals surface area contributed by atoms with Gasteiger partial charge >= 0.3 is 10.1 Å². The molecule has 0 spiro atoms. The molecule has 2 aromatic carbocycles. The fourth-order valence-corrected chi connectivity index (χ4v) is 2.75. The summed E-state index contributed by atoms with van der Waals surface area (Å²) in [6.07, 6.45) is 0. The number of hydrogen-bond donors (Lipinski definition) is 1. The summed E-state index contributed by atoms with van der Waals surface area (Å²) in [5.41, 5.74) is 5.54. The van der Waals surface area contributed by atoms with E-state index in [0.29, 0.717) is 5.02 Å². The summed E-state index contributed by atoms with van der Waals surface area (Å²) in [6.45, 7) is 1.75. The Labute approximate surface area is 131 Å². The number of aryl methyl sites for hydroxylation is 1. The van der Waals surface area contributed by atoms with Gasteiger partial charge in [0.05, 0.1) is 4.92 Å². The molecular formula is C13H11ClN2O5S. The van der Waals surface area contributed by atoms with Gasteiger partial charge in [-0.15, -0.1) is 0 Å². The number of nitrogen functional groups attached to an aromatic ring is 1. The predicted molar refractivity (Wildman–Crippen MR) is 81.5 cm³/mol. The van der Waals surface area contributed by atoms with Crippen molar-refractivity contribution in [2.24, 2.45) is 0 Å². The third kappa shape index (κ3) is 3.29. The quantitative estimate of drug-likeness (QED) is 0.395. The second kappa shape index (κ2) is 5.82. The molecule has 0 aliphatic rings. The first-order valence-electron chi connectivity index (χ1n) is 5.95. The van der Waals surface area contributed by atoms with E-state index < -0.39 is 20.7 Å². The zero-order valence-electron chi connectivity index (χ0n) is 11.3. The number of nitrogens with two attached hydrogens (primary N) is 1. The van der Waals surface area contributed by atoms with Crippen LogP contribution in [0.3, 0.4) is 0 Å². The number of anilines is 1. The average molecular weight is 343 g/mol. The van der Waals surface area contributed by atoms with Crippen molar-refractivity contribution in [1.82, 2.24) is 0 Å². The molecule has 22 heavy (non-hydrogen) atoms. The molecule has 0 unspecified atom stereocenters. The second-order valence-electron chi connectivity index (χ2n) is 4.43. The Bertz CT molecular complexity index is 852. The van der Waals surface area contributed by atoms with Crippen molar-refractivity contribution in [3.8, 4) is 5.75 Å². The van der Waals surface area contributed by atoms with Crippen LogP contribution in [-0.4, -0.2) is 13.3 Å². The molecule has 0 aliphatic heterocycles. The minimum absolute atomic E-state index is 0.00933. The van der Waals surface area contributed by atoms with Crippen LogP contribution in [0.2, 0.25) is 5.02 Å². The Morgan fingerprint density at radius 2 is 1.91 bits per heavy atom. The molecule has 2 N–H and O–H groups in total. The maximum atomic E-state index is 12.2. The monoisotopic (exact) mass is 342 g/mol. The van der Waals surface area contributed by atoms with Gasteiger partial charge < -0.3 is 9.92 Å². The van der Waals surface area contributed by atoms with Gasteiger partial charge in [-0.1, -0.05) is 17.7 Å². The molecule has 0 amide bonds. The van der Waals surface area contributed by atoms with Crippen molar-refractivity contribution in [1.29, 1.82) is 0 Å². The largest absolute Gasteiger partial charge is 0.393 e. The van der Waals surface area contributed by atoms with Crippen LogP contribution in [-0.2, 0) is 10.1 Å². The van der Waals surface area contributed by atoms with E-state index in [9.17, 15) is 18.5 Å². The molecule has 0 radical (unpaired) electrons. The molecule has 9 heteroatoms. The highest BCUT2D eigenvalue weighted by Gasteiger charge is 2.22. The van der Waals surface area contributed by atoms with Gasteiger partial charge in [-0.2, -0.15) is 8.42 Å². The average Bonchev–Trinajstić information content (AvgIpc) is 2.42. The number of hydrogen-bond acceptors (Lipinski definition) is 6. The van der Waals surface area contributed by atoms with Crippen molar-refractivity contribution in [3.05, 3.63) is 57.1 Å². The SMILES string of the molecule is Cc1ccc(OS(=O)(=O)c2ccc(N)c([N+](=O)[O-])c2)cc1Cl. The summed E-state index contributed by atoms with van der Waals surface area (Å²) in [7, 11) is -4.23. The summed E-state index contributed by atoms with van der Waals surface area (Å²) >= 11 is 5.90. The summed E-state index contributed by atoms with van der Waals surface area (Å²) < 4.78 is 29.2. The fourth-order valence-electron chi connectivity index (χ4n) is 1.64. The number of benzene rings is 2. The molecule has 0 atom stereocenters. The van der Waals surface area contributed by atoms with Crippen LogP contribution < -0.4 is 9.92 Å². The van der Waals surface area contributed by atoms with E-state index in [1.165, 1.54) is 12.1 Å². The van der Waals surface area contributed by atoms with Crippen LogP contribution in [0.4, 0.5) is 11.4 Å².